The van der Waals surface area contributed by atoms with Crippen LogP contribution in [-0.4, -0.2) is 30.1 Å². The molecule has 6 atom stereocenters. The fraction of sp³-hybridized carbons (Fsp3) is 0.762. The van der Waals surface area contributed by atoms with Crippen LogP contribution < -0.4 is 0 Å². The molecule has 0 unspecified atom stereocenters. The molecule has 0 radical (unpaired) electrons. The molecule has 4 aliphatic carbocycles. The predicted molar refractivity (Wildman–Crippen MR) is 125 cm³/mol. The summed E-state index contributed by atoms with van der Waals surface area (Å²) in [5, 5.41) is 0. The molecule has 0 amide bonds. The van der Waals surface area contributed by atoms with E-state index >= 15 is 0 Å². The van der Waals surface area contributed by atoms with Crippen LogP contribution in [0.25, 0.3) is 0 Å². The second-order valence-corrected chi connectivity index (χ2v) is 17.0. The van der Waals surface area contributed by atoms with Gasteiger partial charge in [-0.1, -0.05) is 77.6 Å². The number of allylic oxidation sites excluding steroid dienone is 1. The zero-order valence-electron chi connectivity index (χ0n) is 16.6. The molecule has 4 nitrogen and oxygen atoms in total. The second kappa shape index (κ2) is 6.98. The number of fused-ring (bicyclic) bond motifs is 5. The molecular weight excluding hydrogens is 636 g/mol. The van der Waals surface area contributed by atoms with Crippen LogP contribution >= 0.6 is 63.7 Å². The van der Waals surface area contributed by atoms with Crippen LogP contribution in [0.1, 0.15) is 52.9 Å². The Labute approximate surface area is 204 Å². The van der Waals surface area contributed by atoms with Crippen molar-refractivity contribution in [1.29, 1.82) is 0 Å². The molecular formula is C21H24Br4O4. The molecule has 0 bridgehead atoms. The molecule has 0 heterocycles. The number of esters is 1. The van der Waals surface area contributed by atoms with Gasteiger partial charge in [-0.3, -0.25) is 14.4 Å². The second-order valence-electron chi connectivity index (χ2n) is 9.63. The van der Waals surface area contributed by atoms with E-state index in [9.17, 15) is 14.4 Å². The van der Waals surface area contributed by atoms with Crippen molar-refractivity contribution >= 4 is 81.3 Å². The van der Waals surface area contributed by atoms with Crippen molar-refractivity contribution < 1.29 is 19.1 Å². The number of alkyl halides is 4. The molecule has 0 aromatic carbocycles. The van der Waals surface area contributed by atoms with Gasteiger partial charge in [-0.2, -0.15) is 0 Å². The number of carbonyl (C=O) groups excluding carboxylic acids is 3. The molecule has 8 heteroatoms. The molecule has 3 fully saturated rings. The zero-order valence-corrected chi connectivity index (χ0v) is 22.9. The normalized spacial score (nSPS) is 45.0. The van der Waals surface area contributed by atoms with Crippen molar-refractivity contribution in [3.63, 3.8) is 0 Å². The molecule has 0 aromatic rings. The molecule has 3 saturated carbocycles. The van der Waals surface area contributed by atoms with Crippen molar-refractivity contribution in [3.05, 3.63) is 11.6 Å². The van der Waals surface area contributed by atoms with E-state index in [1.807, 2.05) is 0 Å². The zero-order chi connectivity index (χ0) is 21.6. The molecule has 0 N–H and O–H groups in total. The number of ketones is 2. The minimum Gasteiger partial charge on any atom is -0.462 e. The summed E-state index contributed by atoms with van der Waals surface area (Å²) < 4.78 is 3.97. The highest BCUT2D eigenvalue weighted by Crippen LogP contribution is 2.70. The maximum absolute atomic E-state index is 13.6. The maximum atomic E-state index is 13.6. The van der Waals surface area contributed by atoms with Crippen molar-refractivity contribution in [3.8, 4) is 0 Å². The van der Waals surface area contributed by atoms with Crippen molar-refractivity contribution in [1.82, 2.24) is 0 Å². The molecule has 0 saturated heterocycles. The van der Waals surface area contributed by atoms with Gasteiger partial charge in [-0.15, -0.1) is 0 Å². The predicted octanol–water partition coefficient (Wildman–Crippen LogP) is 5.82. The summed E-state index contributed by atoms with van der Waals surface area (Å²) in [5.41, 5.74) is 0.0568. The maximum Gasteiger partial charge on any atom is 0.302 e. The van der Waals surface area contributed by atoms with Gasteiger partial charge in [-0.05, 0) is 55.9 Å². The van der Waals surface area contributed by atoms with Gasteiger partial charge < -0.3 is 4.74 Å². The Morgan fingerprint density at radius 1 is 1.07 bits per heavy atom. The molecule has 0 aromatic heterocycles. The topological polar surface area (TPSA) is 60.4 Å². The van der Waals surface area contributed by atoms with Crippen LogP contribution in [0.4, 0.5) is 0 Å². The highest BCUT2D eigenvalue weighted by Gasteiger charge is 2.69. The summed E-state index contributed by atoms with van der Waals surface area (Å²) in [4.78, 5) is 37.9. The Bertz CT molecular complexity index is 835. The number of Topliss-reactive ketones (excluding diaryl/α,β-unsaturated/α-hetero) is 1. The number of halogens is 4. The van der Waals surface area contributed by atoms with E-state index < -0.39 is 11.9 Å². The minimum absolute atomic E-state index is 0.0421. The standard InChI is InChI=1S/C21H24Br4O4/c1-10(26)29-15-5-4-11-16-12(6-7-18(11,15)2)19(3)9-20(22,23)14(27)8-13(19)17(28)21(16,24)25/h8,11-12,15-16H,4-7,9H2,1-3H3/t11-,12-,15-,16-,18-,19+/m0/s1. The summed E-state index contributed by atoms with van der Waals surface area (Å²) in [6.45, 7) is 5.81. The van der Waals surface area contributed by atoms with E-state index in [1.165, 1.54) is 13.0 Å². The van der Waals surface area contributed by atoms with Crippen molar-refractivity contribution in [2.24, 2.45) is 28.6 Å². The van der Waals surface area contributed by atoms with Gasteiger partial charge in [0.25, 0.3) is 0 Å². The molecule has 29 heavy (non-hydrogen) atoms. The summed E-state index contributed by atoms with van der Waals surface area (Å²) in [6.07, 6.45) is 5.56. The molecule has 160 valence electrons. The lowest BCUT2D eigenvalue weighted by molar-refractivity contribution is -0.158. The molecule has 4 aliphatic rings. The van der Waals surface area contributed by atoms with Crippen LogP contribution in [0.15, 0.2) is 11.6 Å². The Kier molecular flexibility index (Phi) is 5.45. The third-order valence-corrected chi connectivity index (χ3v) is 11.2. The van der Waals surface area contributed by atoms with Crippen LogP contribution in [0, 0.1) is 28.6 Å². The lowest BCUT2D eigenvalue weighted by Gasteiger charge is -2.61. The Hall–Kier alpha value is 0.470. The summed E-state index contributed by atoms with van der Waals surface area (Å²) in [5.74, 6) is 0.0926. The smallest absolute Gasteiger partial charge is 0.302 e. The highest BCUT2D eigenvalue weighted by molar-refractivity contribution is 9.26. The van der Waals surface area contributed by atoms with Crippen LogP contribution in [0.5, 0.6) is 0 Å². The first-order valence-electron chi connectivity index (χ1n) is 9.99. The molecule has 4 rings (SSSR count). The molecule has 0 aliphatic heterocycles. The number of hydrogen-bond donors (Lipinski definition) is 0. The third-order valence-electron chi connectivity index (χ3n) is 8.12. The van der Waals surface area contributed by atoms with Gasteiger partial charge in [-0.25, -0.2) is 0 Å². The first-order chi connectivity index (χ1) is 13.2. The van der Waals surface area contributed by atoms with Gasteiger partial charge in [0.2, 0.25) is 0 Å². The first-order valence-corrected chi connectivity index (χ1v) is 13.2. The first kappa shape index (κ1) is 22.7. The average Bonchev–Trinajstić information content (AvgIpc) is 2.91. The Morgan fingerprint density at radius 2 is 1.72 bits per heavy atom. The van der Waals surface area contributed by atoms with Crippen LogP contribution in [0.2, 0.25) is 0 Å². The molecule has 0 spiro atoms. The number of ether oxygens (including phenoxy) is 1. The number of carbonyl (C=O) groups is 3. The Balaban J connectivity index is 1.81. The summed E-state index contributed by atoms with van der Waals surface area (Å²) in [6, 6.07) is 0. The van der Waals surface area contributed by atoms with E-state index in [2.05, 4.69) is 77.6 Å². The van der Waals surface area contributed by atoms with E-state index in [0.717, 1.165) is 25.7 Å². The van der Waals surface area contributed by atoms with E-state index in [1.54, 1.807) is 0 Å². The fourth-order valence-corrected chi connectivity index (χ4v) is 9.83. The summed E-state index contributed by atoms with van der Waals surface area (Å²) in [7, 11) is 0. The monoisotopic (exact) mass is 656 g/mol. The van der Waals surface area contributed by atoms with E-state index in [-0.39, 0.29) is 46.8 Å². The average molecular weight is 660 g/mol. The third kappa shape index (κ3) is 3.16. The van der Waals surface area contributed by atoms with Gasteiger partial charge in [0.1, 0.15) is 12.6 Å². The number of rotatable bonds is 1. The van der Waals surface area contributed by atoms with Gasteiger partial charge in [0.15, 0.2) is 11.6 Å². The van der Waals surface area contributed by atoms with E-state index in [0.29, 0.717) is 12.0 Å². The van der Waals surface area contributed by atoms with E-state index in [4.69, 9.17) is 4.74 Å². The van der Waals surface area contributed by atoms with Crippen molar-refractivity contribution in [2.75, 3.05) is 0 Å². The lowest BCUT2D eigenvalue weighted by atomic mass is 9.47. The summed E-state index contributed by atoms with van der Waals surface area (Å²) >= 11 is 14.6. The highest BCUT2D eigenvalue weighted by atomic mass is 79.9. The van der Waals surface area contributed by atoms with Gasteiger partial charge >= 0.3 is 5.97 Å². The van der Waals surface area contributed by atoms with Crippen molar-refractivity contribution in [2.45, 2.75) is 65.4 Å². The largest absolute Gasteiger partial charge is 0.462 e. The minimum atomic E-state index is -0.910. The SMILES string of the molecule is CC(=O)O[C@H]1CC[C@H]2[C@H]3[C@H](CC[C@]12C)[C@@]1(C)CC(Br)(Br)C(=O)C=C1C(=O)C3(Br)Br. The van der Waals surface area contributed by atoms with Gasteiger partial charge in [0, 0.05) is 23.3 Å². The lowest BCUT2D eigenvalue weighted by Crippen LogP contribution is -2.62. The fourth-order valence-electron chi connectivity index (χ4n) is 6.74. The number of hydrogen-bond acceptors (Lipinski definition) is 4. The Morgan fingerprint density at radius 3 is 2.34 bits per heavy atom. The van der Waals surface area contributed by atoms with Crippen LogP contribution in [-0.2, 0) is 19.1 Å². The van der Waals surface area contributed by atoms with Gasteiger partial charge in [0.05, 0.1) is 0 Å². The quantitative estimate of drug-likeness (QED) is 0.263. The van der Waals surface area contributed by atoms with Crippen LogP contribution in [0.3, 0.4) is 0 Å².